The predicted molar refractivity (Wildman–Crippen MR) is 71.0 cm³/mol. The molecule has 0 aliphatic carbocycles. The smallest absolute Gasteiger partial charge is 0.140 e. The molecule has 0 saturated heterocycles. The Morgan fingerprint density at radius 1 is 1.19 bits per heavy atom. The lowest BCUT2D eigenvalue weighted by Gasteiger charge is -1.99. The van der Waals surface area contributed by atoms with Crippen molar-refractivity contribution in [2.24, 2.45) is 12.8 Å². The first-order chi connectivity index (χ1) is 6.81. The number of aromatic nitrogens is 2. The maximum Gasteiger partial charge on any atom is 0.140 e. The van der Waals surface area contributed by atoms with E-state index in [9.17, 15) is 0 Å². The largest absolute Gasteiger partial charge is 0.334 e. The van der Waals surface area contributed by atoms with Crippen LogP contribution in [0.25, 0.3) is 11.4 Å². The van der Waals surface area contributed by atoms with Crippen molar-refractivity contribution in [1.29, 1.82) is 0 Å². The van der Waals surface area contributed by atoms with Crippen molar-refractivity contribution in [2.75, 3.05) is 0 Å². The Hall–Kier alpha value is -1.03. The molecule has 0 aliphatic rings. The van der Waals surface area contributed by atoms with Crippen LogP contribution in [0.3, 0.4) is 0 Å². The van der Waals surface area contributed by atoms with Gasteiger partial charge in [0.15, 0.2) is 0 Å². The molecule has 88 valence electrons. The molecule has 2 aromatic rings. The highest BCUT2D eigenvalue weighted by Crippen LogP contribution is 2.16. The van der Waals surface area contributed by atoms with E-state index in [-0.39, 0.29) is 24.8 Å². The standard InChI is InChI=1S/C11H13N3.2ClH/c1-14-8-10(7-12)13-11(14)9-5-3-2-4-6-9;;/h2-6,8H,7,12H2,1H3;2*1H. The molecule has 2 rings (SSSR count). The van der Waals surface area contributed by atoms with E-state index in [1.165, 1.54) is 0 Å². The van der Waals surface area contributed by atoms with Crippen molar-refractivity contribution in [3.63, 3.8) is 0 Å². The number of hydrogen-bond acceptors (Lipinski definition) is 2. The van der Waals surface area contributed by atoms with Crippen molar-refractivity contribution in [3.05, 3.63) is 42.2 Å². The summed E-state index contributed by atoms with van der Waals surface area (Å²) in [4.78, 5) is 4.44. The lowest BCUT2D eigenvalue weighted by Crippen LogP contribution is -1.95. The quantitative estimate of drug-likeness (QED) is 0.901. The number of nitrogens with zero attached hydrogens (tertiary/aromatic N) is 2. The van der Waals surface area contributed by atoms with Gasteiger partial charge in [0.25, 0.3) is 0 Å². The molecule has 0 spiro atoms. The first kappa shape index (κ1) is 15.0. The van der Waals surface area contributed by atoms with Crippen LogP contribution in [0.15, 0.2) is 36.5 Å². The fraction of sp³-hybridized carbons (Fsp3) is 0.182. The monoisotopic (exact) mass is 259 g/mol. The first-order valence-corrected chi connectivity index (χ1v) is 4.59. The van der Waals surface area contributed by atoms with Gasteiger partial charge >= 0.3 is 0 Å². The molecule has 5 heteroatoms. The third kappa shape index (κ3) is 2.98. The average Bonchev–Trinajstić information content (AvgIpc) is 2.61. The van der Waals surface area contributed by atoms with Crippen LogP contribution in [-0.4, -0.2) is 9.55 Å². The minimum absolute atomic E-state index is 0. The highest BCUT2D eigenvalue weighted by molar-refractivity contribution is 5.85. The number of hydrogen-bond donors (Lipinski definition) is 1. The summed E-state index contributed by atoms with van der Waals surface area (Å²) in [5, 5.41) is 0. The summed E-state index contributed by atoms with van der Waals surface area (Å²) in [5.41, 5.74) is 7.58. The number of halogens is 2. The molecule has 0 atom stereocenters. The molecule has 0 unspecified atom stereocenters. The molecule has 3 nitrogen and oxygen atoms in total. The molecule has 0 radical (unpaired) electrons. The molecule has 0 amide bonds. The summed E-state index contributed by atoms with van der Waals surface area (Å²) in [6, 6.07) is 10.1. The number of benzene rings is 1. The zero-order valence-corrected chi connectivity index (χ0v) is 10.6. The van der Waals surface area contributed by atoms with Gasteiger partial charge < -0.3 is 10.3 Å². The van der Waals surface area contributed by atoms with Gasteiger partial charge in [-0.05, 0) is 0 Å². The Labute approximate surface area is 108 Å². The van der Waals surface area contributed by atoms with Gasteiger partial charge in [-0.15, -0.1) is 24.8 Å². The van der Waals surface area contributed by atoms with Gasteiger partial charge in [0.1, 0.15) is 5.82 Å². The van der Waals surface area contributed by atoms with E-state index in [2.05, 4.69) is 4.98 Å². The van der Waals surface area contributed by atoms with Gasteiger partial charge in [-0.1, -0.05) is 30.3 Å². The van der Waals surface area contributed by atoms with Crippen LogP contribution in [0.1, 0.15) is 5.69 Å². The highest BCUT2D eigenvalue weighted by atomic mass is 35.5. The van der Waals surface area contributed by atoms with E-state index in [1.807, 2.05) is 48.1 Å². The summed E-state index contributed by atoms with van der Waals surface area (Å²) < 4.78 is 2.00. The molecule has 0 saturated carbocycles. The molecular weight excluding hydrogens is 245 g/mol. The number of imidazole rings is 1. The van der Waals surface area contributed by atoms with E-state index in [4.69, 9.17) is 5.73 Å². The van der Waals surface area contributed by atoms with Gasteiger partial charge in [0.2, 0.25) is 0 Å². The minimum Gasteiger partial charge on any atom is -0.334 e. The Morgan fingerprint density at radius 3 is 2.31 bits per heavy atom. The van der Waals surface area contributed by atoms with E-state index in [1.54, 1.807) is 0 Å². The van der Waals surface area contributed by atoms with Gasteiger partial charge in [-0.3, -0.25) is 0 Å². The van der Waals surface area contributed by atoms with Crippen molar-refractivity contribution in [3.8, 4) is 11.4 Å². The molecule has 0 fully saturated rings. The molecule has 0 bridgehead atoms. The van der Waals surface area contributed by atoms with E-state index in [0.29, 0.717) is 6.54 Å². The topological polar surface area (TPSA) is 43.8 Å². The van der Waals surface area contributed by atoms with Crippen molar-refractivity contribution in [1.82, 2.24) is 9.55 Å². The van der Waals surface area contributed by atoms with Crippen LogP contribution in [0.2, 0.25) is 0 Å². The Bertz CT molecular complexity index is 426. The van der Waals surface area contributed by atoms with Crippen LogP contribution in [0.4, 0.5) is 0 Å². The predicted octanol–water partition coefficient (Wildman–Crippen LogP) is 2.39. The fourth-order valence-corrected chi connectivity index (χ4v) is 1.48. The van der Waals surface area contributed by atoms with Gasteiger partial charge in [0.05, 0.1) is 5.69 Å². The summed E-state index contributed by atoms with van der Waals surface area (Å²) in [7, 11) is 1.98. The molecule has 0 aliphatic heterocycles. The Morgan fingerprint density at radius 2 is 1.81 bits per heavy atom. The minimum atomic E-state index is 0. The zero-order chi connectivity index (χ0) is 9.97. The van der Waals surface area contributed by atoms with E-state index < -0.39 is 0 Å². The highest BCUT2D eigenvalue weighted by Gasteiger charge is 2.05. The van der Waals surface area contributed by atoms with Crippen molar-refractivity contribution >= 4 is 24.8 Å². The van der Waals surface area contributed by atoms with Gasteiger partial charge in [-0.25, -0.2) is 4.98 Å². The van der Waals surface area contributed by atoms with Crippen molar-refractivity contribution in [2.45, 2.75) is 6.54 Å². The number of rotatable bonds is 2. The molecule has 1 aromatic heterocycles. The number of aryl methyl sites for hydroxylation is 1. The average molecular weight is 260 g/mol. The van der Waals surface area contributed by atoms with Crippen LogP contribution in [0.5, 0.6) is 0 Å². The lowest BCUT2D eigenvalue weighted by molar-refractivity contribution is 0.921. The van der Waals surface area contributed by atoms with Crippen LogP contribution >= 0.6 is 24.8 Å². The molecular formula is C11H15Cl2N3. The number of nitrogens with two attached hydrogens (primary N) is 1. The maximum atomic E-state index is 5.53. The second-order valence-corrected chi connectivity index (χ2v) is 3.24. The van der Waals surface area contributed by atoms with Crippen LogP contribution in [-0.2, 0) is 13.6 Å². The van der Waals surface area contributed by atoms with Gasteiger partial charge in [-0.2, -0.15) is 0 Å². The summed E-state index contributed by atoms with van der Waals surface area (Å²) in [6.07, 6.45) is 1.96. The molecule has 1 aromatic carbocycles. The fourth-order valence-electron chi connectivity index (χ4n) is 1.48. The summed E-state index contributed by atoms with van der Waals surface area (Å²) >= 11 is 0. The van der Waals surface area contributed by atoms with Crippen molar-refractivity contribution < 1.29 is 0 Å². The third-order valence-electron chi connectivity index (χ3n) is 2.17. The summed E-state index contributed by atoms with van der Waals surface area (Å²) in [6.45, 7) is 0.487. The van der Waals surface area contributed by atoms with Crippen LogP contribution in [0, 0.1) is 0 Å². The Kier molecular flexibility index (Phi) is 6.11. The SMILES string of the molecule is Cl.Cl.Cn1cc(CN)nc1-c1ccccc1. The van der Waals surface area contributed by atoms with Crippen LogP contribution < -0.4 is 5.73 Å². The van der Waals surface area contributed by atoms with E-state index in [0.717, 1.165) is 17.1 Å². The molecule has 1 heterocycles. The van der Waals surface area contributed by atoms with Gasteiger partial charge in [0, 0.05) is 25.4 Å². The Balaban J connectivity index is 0.00000112. The summed E-state index contributed by atoms with van der Waals surface area (Å²) in [5.74, 6) is 0.964. The molecule has 2 N–H and O–H groups in total. The molecule has 16 heavy (non-hydrogen) atoms. The first-order valence-electron chi connectivity index (χ1n) is 4.59. The third-order valence-corrected chi connectivity index (χ3v) is 2.17. The van der Waals surface area contributed by atoms with E-state index >= 15 is 0 Å². The normalized spacial score (nSPS) is 9.12. The zero-order valence-electron chi connectivity index (χ0n) is 8.96. The maximum absolute atomic E-state index is 5.53. The second-order valence-electron chi connectivity index (χ2n) is 3.24. The second kappa shape index (κ2) is 6.53. The lowest BCUT2D eigenvalue weighted by atomic mass is 10.2.